The number of hydrogen-bond acceptors (Lipinski definition) is 1. The molecule has 0 aliphatic rings. The highest BCUT2D eigenvalue weighted by Crippen LogP contribution is 2.30. The summed E-state index contributed by atoms with van der Waals surface area (Å²) in [6, 6.07) is 12.6. The smallest absolute Gasteiger partial charge is 0.135 e. The average molecular weight is 270 g/mol. The average Bonchev–Trinajstić information content (AvgIpc) is 2.88. The van der Waals surface area contributed by atoms with E-state index in [1.165, 1.54) is 21.9 Å². The van der Waals surface area contributed by atoms with Gasteiger partial charge in [0.1, 0.15) is 11.2 Å². The van der Waals surface area contributed by atoms with E-state index in [1.807, 2.05) is 39.8 Å². The van der Waals surface area contributed by atoms with E-state index in [0.29, 0.717) is 0 Å². The number of aryl methyl sites for hydroxylation is 2. The van der Waals surface area contributed by atoms with Gasteiger partial charge in [-0.1, -0.05) is 52.8 Å². The van der Waals surface area contributed by atoms with Gasteiger partial charge >= 0.3 is 0 Å². The van der Waals surface area contributed by atoms with Crippen molar-refractivity contribution in [3.8, 4) is 0 Å². The Kier molecular flexibility index (Phi) is 6.30. The first kappa shape index (κ1) is 16.3. The molecule has 1 heterocycles. The lowest BCUT2D eigenvalue weighted by Gasteiger charge is -2.01. The molecular weight excluding hydrogens is 244 g/mol. The second-order valence-electron chi connectivity index (χ2n) is 4.23. The molecule has 0 unspecified atom stereocenters. The lowest BCUT2D eigenvalue weighted by molar-refractivity contribution is 0.668. The van der Waals surface area contributed by atoms with Crippen LogP contribution < -0.4 is 0 Å². The lowest BCUT2D eigenvalue weighted by atomic mass is 10.0. The van der Waals surface area contributed by atoms with Gasteiger partial charge in [-0.25, -0.2) is 0 Å². The van der Waals surface area contributed by atoms with Gasteiger partial charge in [-0.3, -0.25) is 0 Å². The molecular formula is C19H26O. The maximum absolute atomic E-state index is 5.85. The normalized spacial score (nSPS) is 9.70. The second-order valence-corrected chi connectivity index (χ2v) is 4.23. The number of fused-ring (bicyclic) bond motifs is 3. The van der Waals surface area contributed by atoms with Gasteiger partial charge in [0.2, 0.25) is 0 Å². The van der Waals surface area contributed by atoms with Gasteiger partial charge in [0, 0.05) is 10.8 Å². The van der Waals surface area contributed by atoms with E-state index in [4.69, 9.17) is 4.42 Å². The molecule has 0 N–H and O–H groups in total. The first-order valence-corrected chi connectivity index (χ1v) is 7.70. The summed E-state index contributed by atoms with van der Waals surface area (Å²) in [5, 5.41) is 2.44. The fraction of sp³-hybridized carbons (Fsp3) is 0.368. The molecule has 3 rings (SSSR count). The Labute approximate surface area is 122 Å². The summed E-state index contributed by atoms with van der Waals surface area (Å²) in [4.78, 5) is 0. The van der Waals surface area contributed by atoms with E-state index in [2.05, 4.69) is 38.1 Å². The van der Waals surface area contributed by atoms with Crippen molar-refractivity contribution >= 4 is 21.9 Å². The summed E-state index contributed by atoms with van der Waals surface area (Å²) < 4.78 is 5.85. The maximum Gasteiger partial charge on any atom is 0.135 e. The molecule has 0 atom stereocenters. The van der Waals surface area contributed by atoms with Crippen LogP contribution in [0.4, 0.5) is 0 Å². The Balaban J connectivity index is 0.000000461. The molecule has 1 heteroatoms. The summed E-state index contributed by atoms with van der Waals surface area (Å²) in [5.74, 6) is 0. The number of furan rings is 1. The summed E-state index contributed by atoms with van der Waals surface area (Å²) in [5.41, 5.74) is 4.70. The molecule has 0 spiro atoms. The first-order chi connectivity index (χ1) is 9.79. The quantitative estimate of drug-likeness (QED) is 0.491. The van der Waals surface area contributed by atoms with Crippen LogP contribution in [0.1, 0.15) is 45.7 Å². The molecule has 1 nitrogen and oxygen atoms in total. The Hall–Kier alpha value is -1.76. The molecule has 1 aromatic heterocycles. The summed E-state index contributed by atoms with van der Waals surface area (Å²) in [7, 11) is 0. The SMILES string of the molecule is CC.CC.CCc1cc2oc3ccccc3c2cc1C. The topological polar surface area (TPSA) is 13.1 Å². The van der Waals surface area contributed by atoms with Gasteiger partial charge in [0.15, 0.2) is 0 Å². The molecule has 3 aromatic rings. The number of rotatable bonds is 1. The zero-order chi connectivity index (χ0) is 15.1. The van der Waals surface area contributed by atoms with Crippen molar-refractivity contribution in [1.82, 2.24) is 0 Å². The van der Waals surface area contributed by atoms with Crippen molar-refractivity contribution in [2.24, 2.45) is 0 Å². The fourth-order valence-corrected chi connectivity index (χ4v) is 2.30. The van der Waals surface area contributed by atoms with Crippen molar-refractivity contribution in [2.75, 3.05) is 0 Å². The lowest BCUT2D eigenvalue weighted by Crippen LogP contribution is -1.84. The molecule has 0 fully saturated rings. The third kappa shape index (κ3) is 3.04. The van der Waals surface area contributed by atoms with Crippen LogP contribution in [0.15, 0.2) is 40.8 Å². The van der Waals surface area contributed by atoms with Gasteiger partial charge in [-0.15, -0.1) is 0 Å². The zero-order valence-electron chi connectivity index (χ0n) is 13.6. The van der Waals surface area contributed by atoms with Crippen LogP contribution in [0.25, 0.3) is 21.9 Å². The highest BCUT2D eigenvalue weighted by Gasteiger charge is 2.08. The summed E-state index contributed by atoms with van der Waals surface area (Å²) in [6.45, 7) is 12.3. The molecule has 0 amide bonds. The largest absolute Gasteiger partial charge is 0.456 e. The summed E-state index contributed by atoms with van der Waals surface area (Å²) in [6.07, 6.45) is 1.05. The van der Waals surface area contributed by atoms with Gasteiger partial charge in [-0.2, -0.15) is 0 Å². The number of benzene rings is 2. The van der Waals surface area contributed by atoms with Crippen molar-refractivity contribution < 1.29 is 4.42 Å². The molecule has 0 saturated heterocycles. The van der Waals surface area contributed by atoms with E-state index in [1.54, 1.807) is 0 Å². The van der Waals surface area contributed by atoms with Crippen LogP contribution in [0.2, 0.25) is 0 Å². The maximum atomic E-state index is 5.85. The fourth-order valence-electron chi connectivity index (χ4n) is 2.30. The van der Waals surface area contributed by atoms with Crippen molar-refractivity contribution in [2.45, 2.75) is 48.0 Å². The van der Waals surface area contributed by atoms with Gasteiger partial charge in [0.25, 0.3) is 0 Å². The second kappa shape index (κ2) is 7.74. The molecule has 0 bridgehead atoms. The first-order valence-electron chi connectivity index (χ1n) is 7.70. The third-order valence-electron chi connectivity index (χ3n) is 3.22. The van der Waals surface area contributed by atoms with Crippen LogP contribution >= 0.6 is 0 Å². The molecule has 2 aromatic carbocycles. The third-order valence-corrected chi connectivity index (χ3v) is 3.22. The Bertz CT molecular complexity index is 662. The molecule has 108 valence electrons. The highest BCUT2D eigenvalue weighted by atomic mass is 16.3. The van der Waals surface area contributed by atoms with E-state index in [9.17, 15) is 0 Å². The van der Waals surface area contributed by atoms with Gasteiger partial charge in [0.05, 0.1) is 0 Å². The van der Waals surface area contributed by atoms with Gasteiger partial charge in [-0.05, 0) is 42.7 Å². The summed E-state index contributed by atoms with van der Waals surface area (Å²) >= 11 is 0. The number of para-hydroxylation sites is 1. The highest BCUT2D eigenvalue weighted by molar-refractivity contribution is 6.05. The Morgan fingerprint density at radius 1 is 0.850 bits per heavy atom. The Morgan fingerprint density at radius 2 is 1.50 bits per heavy atom. The standard InChI is InChI=1S/C15H14O.2C2H6/c1-3-11-9-15-13(8-10(11)2)12-6-4-5-7-14(12)16-15;2*1-2/h4-9H,3H2,1-2H3;2*1-2H3. The van der Waals surface area contributed by atoms with Gasteiger partial charge < -0.3 is 4.42 Å². The van der Waals surface area contributed by atoms with Crippen molar-refractivity contribution in [3.63, 3.8) is 0 Å². The molecule has 0 aliphatic carbocycles. The van der Waals surface area contributed by atoms with Crippen molar-refractivity contribution in [1.29, 1.82) is 0 Å². The van der Waals surface area contributed by atoms with Crippen LogP contribution in [0.3, 0.4) is 0 Å². The minimum Gasteiger partial charge on any atom is -0.456 e. The van der Waals surface area contributed by atoms with E-state index in [-0.39, 0.29) is 0 Å². The van der Waals surface area contributed by atoms with Crippen LogP contribution in [-0.2, 0) is 6.42 Å². The molecule has 0 radical (unpaired) electrons. The van der Waals surface area contributed by atoms with E-state index in [0.717, 1.165) is 17.6 Å². The van der Waals surface area contributed by atoms with E-state index >= 15 is 0 Å². The zero-order valence-corrected chi connectivity index (χ0v) is 13.6. The molecule has 0 aliphatic heterocycles. The van der Waals surface area contributed by atoms with Crippen LogP contribution in [0.5, 0.6) is 0 Å². The minimum atomic E-state index is 0.977. The predicted molar refractivity (Wildman–Crippen MR) is 90.5 cm³/mol. The Morgan fingerprint density at radius 3 is 2.15 bits per heavy atom. The van der Waals surface area contributed by atoms with E-state index < -0.39 is 0 Å². The monoisotopic (exact) mass is 270 g/mol. The van der Waals surface area contributed by atoms with Crippen LogP contribution in [0, 0.1) is 6.92 Å². The molecule has 0 saturated carbocycles. The minimum absolute atomic E-state index is 0.977. The molecule has 20 heavy (non-hydrogen) atoms. The number of hydrogen-bond donors (Lipinski definition) is 0. The van der Waals surface area contributed by atoms with Crippen LogP contribution in [-0.4, -0.2) is 0 Å². The van der Waals surface area contributed by atoms with Crippen molar-refractivity contribution in [3.05, 3.63) is 47.5 Å². The predicted octanol–water partition coefficient (Wildman–Crippen LogP) is 6.51.